The Labute approximate surface area is 99.9 Å². The van der Waals surface area contributed by atoms with Crippen LogP contribution >= 0.6 is 11.8 Å². The van der Waals surface area contributed by atoms with Gasteiger partial charge >= 0.3 is 5.97 Å². The summed E-state index contributed by atoms with van der Waals surface area (Å²) in [5.41, 5.74) is 0. The third-order valence-electron chi connectivity index (χ3n) is 1.85. The summed E-state index contributed by atoms with van der Waals surface area (Å²) in [5.74, 6) is -0.0128. The lowest BCUT2D eigenvalue weighted by molar-refractivity contribution is -0.140. The lowest BCUT2D eigenvalue weighted by Crippen LogP contribution is -2.41. The van der Waals surface area contributed by atoms with E-state index in [1.54, 1.807) is 7.11 Å². The highest BCUT2D eigenvalue weighted by atomic mass is 32.2. The lowest BCUT2D eigenvalue weighted by Gasteiger charge is -2.12. The van der Waals surface area contributed by atoms with Gasteiger partial charge in [0, 0.05) is 26.4 Å². The molecule has 1 amide bonds. The van der Waals surface area contributed by atoms with E-state index >= 15 is 0 Å². The quantitative estimate of drug-likeness (QED) is 0.589. The third kappa shape index (κ3) is 8.55. The molecule has 0 radical (unpaired) electrons. The lowest BCUT2D eigenvalue weighted by atomic mass is 10.3. The summed E-state index contributed by atoms with van der Waals surface area (Å²) >= 11 is 1.53. The molecule has 0 saturated heterocycles. The van der Waals surface area contributed by atoms with Crippen molar-refractivity contribution in [1.29, 1.82) is 0 Å². The average molecular weight is 249 g/mol. The van der Waals surface area contributed by atoms with E-state index in [-0.39, 0.29) is 5.91 Å². The van der Waals surface area contributed by atoms with Crippen molar-refractivity contribution in [2.75, 3.05) is 25.2 Å². The molecule has 0 aromatic carbocycles. The van der Waals surface area contributed by atoms with Crippen molar-refractivity contribution >= 4 is 23.6 Å². The number of amides is 1. The predicted molar refractivity (Wildman–Crippen MR) is 63.7 cm³/mol. The van der Waals surface area contributed by atoms with Crippen LogP contribution in [0.1, 0.15) is 19.8 Å². The van der Waals surface area contributed by atoms with E-state index in [1.165, 1.54) is 18.7 Å². The molecule has 0 aliphatic carbocycles. The minimum absolute atomic E-state index is 0.313. The third-order valence-corrected chi connectivity index (χ3v) is 2.99. The predicted octanol–water partition coefficient (Wildman–Crippen LogP) is 0.736. The second-order valence-electron chi connectivity index (χ2n) is 3.37. The van der Waals surface area contributed by atoms with Crippen molar-refractivity contribution in [3.05, 3.63) is 0 Å². The monoisotopic (exact) mass is 249 g/mol. The van der Waals surface area contributed by atoms with Crippen LogP contribution in [0.25, 0.3) is 0 Å². The van der Waals surface area contributed by atoms with Gasteiger partial charge in [-0.15, -0.1) is 0 Å². The minimum Gasteiger partial charge on any atom is -0.480 e. The van der Waals surface area contributed by atoms with Gasteiger partial charge in [-0.3, -0.25) is 4.79 Å². The number of ether oxygens (including phenoxy) is 1. The topological polar surface area (TPSA) is 75.6 Å². The number of hydrogen-bond donors (Lipinski definition) is 2. The molecule has 2 N–H and O–H groups in total. The zero-order valence-corrected chi connectivity index (χ0v) is 10.5. The first-order valence-electron chi connectivity index (χ1n) is 5.14. The number of aliphatic carboxylic acids is 1. The molecule has 0 aromatic heterocycles. The first-order chi connectivity index (χ1) is 7.57. The fourth-order valence-electron chi connectivity index (χ4n) is 1.07. The number of rotatable bonds is 9. The van der Waals surface area contributed by atoms with Crippen molar-refractivity contribution in [3.63, 3.8) is 0 Å². The Bertz CT molecular complexity index is 223. The molecule has 0 fully saturated rings. The maximum absolute atomic E-state index is 10.8. The first kappa shape index (κ1) is 15.2. The Balaban J connectivity index is 3.60. The number of carboxylic acid groups (broad SMARTS) is 1. The Kier molecular flexibility index (Phi) is 9.03. The molecule has 0 aromatic rings. The van der Waals surface area contributed by atoms with E-state index in [2.05, 4.69) is 5.32 Å². The van der Waals surface area contributed by atoms with Crippen LogP contribution in [0.4, 0.5) is 0 Å². The van der Waals surface area contributed by atoms with Crippen molar-refractivity contribution in [3.8, 4) is 0 Å². The maximum atomic E-state index is 10.8. The molecule has 0 heterocycles. The molecule has 0 aliphatic heterocycles. The van der Waals surface area contributed by atoms with Gasteiger partial charge in [-0.2, -0.15) is 11.8 Å². The number of carboxylic acids is 1. The molecular weight excluding hydrogens is 230 g/mol. The van der Waals surface area contributed by atoms with Gasteiger partial charge in [0.05, 0.1) is 0 Å². The van der Waals surface area contributed by atoms with E-state index in [4.69, 9.17) is 9.84 Å². The molecule has 16 heavy (non-hydrogen) atoms. The summed E-state index contributed by atoms with van der Waals surface area (Å²) in [6, 6.07) is -0.787. The molecule has 1 atom stereocenters. The second-order valence-corrected chi connectivity index (χ2v) is 4.52. The van der Waals surface area contributed by atoms with Gasteiger partial charge in [-0.05, 0) is 18.6 Å². The van der Waals surface area contributed by atoms with Crippen LogP contribution in [0.15, 0.2) is 0 Å². The van der Waals surface area contributed by atoms with Gasteiger partial charge in [0.15, 0.2) is 0 Å². The zero-order valence-electron chi connectivity index (χ0n) is 9.69. The van der Waals surface area contributed by atoms with E-state index in [0.29, 0.717) is 5.75 Å². The number of unbranched alkanes of at least 4 members (excludes halogenated alkanes) is 1. The highest BCUT2D eigenvalue weighted by Gasteiger charge is 2.17. The van der Waals surface area contributed by atoms with Crippen molar-refractivity contribution in [2.45, 2.75) is 25.8 Å². The summed E-state index contributed by atoms with van der Waals surface area (Å²) in [6.45, 7) is 2.05. The van der Waals surface area contributed by atoms with Crippen LogP contribution in [0.2, 0.25) is 0 Å². The first-order valence-corrected chi connectivity index (χ1v) is 6.30. The molecule has 0 spiro atoms. The Hall–Kier alpha value is -0.750. The van der Waals surface area contributed by atoms with Crippen LogP contribution in [-0.4, -0.2) is 48.2 Å². The second kappa shape index (κ2) is 9.47. The Morgan fingerprint density at radius 2 is 2.12 bits per heavy atom. The molecule has 5 nitrogen and oxygen atoms in total. The summed E-state index contributed by atoms with van der Waals surface area (Å²) in [5, 5.41) is 11.2. The van der Waals surface area contributed by atoms with Gasteiger partial charge in [-0.1, -0.05) is 0 Å². The molecule has 0 saturated carbocycles. The van der Waals surface area contributed by atoms with Crippen LogP contribution in [-0.2, 0) is 14.3 Å². The molecule has 6 heteroatoms. The average Bonchev–Trinajstić information content (AvgIpc) is 2.20. The molecule has 0 bridgehead atoms. The maximum Gasteiger partial charge on any atom is 0.327 e. The number of carbonyl (C=O) groups excluding carboxylic acids is 1. The Morgan fingerprint density at radius 3 is 2.62 bits per heavy atom. The summed E-state index contributed by atoms with van der Waals surface area (Å²) < 4.78 is 4.90. The van der Waals surface area contributed by atoms with Crippen molar-refractivity contribution < 1.29 is 19.4 Å². The highest BCUT2D eigenvalue weighted by Crippen LogP contribution is 2.07. The minimum atomic E-state index is -0.986. The van der Waals surface area contributed by atoms with Gasteiger partial charge in [0.2, 0.25) is 5.91 Å². The van der Waals surface area contributed by atoms with Gasteiger partial charge in [0.25, 0.3) is 0 Å². The van der Waals surface area contributed by atoms with Crippen LogP contribution < -0.4 is 5.32 Å². The van der Waals surface area contributed by atoms with E-state index in [9.17, 15) is 9.59 Å². The smallest absolute Gasteiger partial charge is 0.327 e. The fraction of sp³-hybridized carbons (Fsp3) is 0.800. The number of hydrogen-bond acceptors (Lipinski definition) is 4. The summed E-state index contributed by atoms with van der Waals surface area (Å²) in [4.78, 5) is 21.5. The van der Waals surface area contributed by atoms with E-state index < -0.39 is 12.0 Å². The zero-order chi connectivity index (χ0) is 12.4. The molecule has 94 valence electrons. The Morgan fingerprint density at radius 1 is 1.44 bits per heavy atom. The van der Waals surface area contributed by atoms with Crippen molar-refractivity contribution in [2.24, 2.45) is 0 Å². The van der Waals surface area contributed by atoms with Gasteiger partial charge in [0.1, 0.15) is 6.04 Å². The van der Waals surface area contributed by atoms with Crippen molar-refractivity contribution in [1.82, 2.24) is 5.32 Å². The molecular formula is C10H19NO4S. The van der Waals surface area contributed by atoms with Gasteiger partial charge < -0.3 is 15.2 Å². The largest absolute Gasteiger partial charge is 0.480 e. The van der Waals surface area contributed by atoms with E-state index in [1.807, 2.05) is 0 Å². The van der Waals surface area contributed by atoms with E-state index in [0.717, 1.165) is 25.2 Å². The summed E-state index contributed by atoms with van der Waals surface area (Å²) in [6.07, 6.45) is 1.96. The molecule has 0 rings (SSSR count). The van der Waals surface area contributed by atoms with Crippen LogP contribution in [0, 0.1) is 0 Å². The number of carbonyl (C=O) groups is 2. The highest BCUT2D eigenvalue weighted by molar-refractivity contribution is 7.99. The SMILES string of the molecule is COCCCCSC[C@H](NC(C)=O)C(=O)O. The number of methoxy groups -OCH3 is 1. The number of nitrogens with one attached hydrogen (secondary N) is 1. The normalized spacial score (nSPS) is 12.1. The molecule has 0 aliphatic rings. The summed E-state index contributed by atoms with van der Waals surface area (Å²) in [7, 11) is 1.66. The van der Waals surface area contributed by atoms with Crippen LogP contribution in [0.3, 0.4) is 0 Å². The molecule has 0 unspecified atom stereocenters. The van der Waals surface area contributed by atoms with Gasteiger partial charge in [-0.25, -0.2) is 4.79 Å². The fourth-order valence-corrected chi connectivity index (χ4v) is 2.11. The standard InChI is InChI=1S/C10H19NO4S/c1-8(12)11-9(10(13)14)7-16-6-4-3-5-15-2/h9H,3-7H2,1-2H3,(H,11,12)(H,13,14)/t9-/m0/s1. The number of thioether (sulfide) groups is 1. The van der Waals surface area contributed by atoms with Crippen LogP contribution in [0.5, 0.6) is 0 Å².